The molecule has 2 heterocycles. The van der Waals surface area contributed by atoms with E-state index in [4.69, 9.17) is 39.2 Å². The van der Waals surface area contributed by atoms with Crippen LogP contribution in [0.4, 0.5) is 0 Å². The van der Waals surface area contributed by atoms with E-state index in [2.05, 4.69) is 82.8 Å². The highest BCUT2D eigenvalue weighted by atomic mass is 14.7. The van der Waals surface area contributed by atoms with E-state index in [1.807, 2.05) is 48.8 Å². The summed E-state index contributed by atoms with van der Waals surface area (Å²) in [5.74, 6) is 0. The summed E-state index contributed by atoms with van der Waals surface area (Å²) in [5.41, 5.74) is 9.08. The largest absolute Gasteiger partial charge is 0.264 e. The minimum Gasteiger partial charge on any atom is -0.264 e. The third kappa shape index (κ3) is 4.81. The van der Waals surface area contributed by atoms with E-state index in [0.717, 1.165) is 71.4 Å². The van der Waals surface area contributed by atoms with Gasteiger partial charge < -0.3 is 0 Å². The molecule has 7 heteroatoms. The highest BCUT2D eigenvalue weighted by Gasteiger charge is 2.20. The third-order valence-electron chi connectivity index (χ3n) is 9.06. The summed E-state index contributed by atoms with van der Waals surface area (Å²) in [4.78, 5) is 8.94. The fourth-order valence-corrected chi connectivity index (χ4v) is 6.69. The van der Waals surface area contributed by atoms with Gasteiger partial charge in [0.05, 0.1) is 5.69 Å². The SMILES string of the molecule is [B]c1c([B])c([B])c(-c2c3ccccc3c(-c3ccc4cc(-c5cc(-c6cccnc6)ccn5)ccc4c3)c3ccccc23)c([B])c1[B]. The third-order valence-corrected chi connectivity index (χ3v) is 9.06. The second kappa shape index (κ2) is 11.5. The van der Waals surface area contributed by atoms with E-state index in [0.29, 0.717) is 16.5 Å². The van der Waals surface area contributed by atoms with E-state index in [-0.39, 0.29) is 16.4 Å². The van der Waals surface area contributed by atoms with Gasteiger partial charge in [0.2, 0.25) is 0 Å². The summed E-state index contributed by atoms with van der Waals surface area (Å²) >= 11 is 0. The molecule has 0 aliphatic rings. The average Bonchev–Trinajstić information content (AvgIpc) is 3.13. The van der Waals surface area contributed by atoms with Crippen LogP contribution >= 0.6 is 0 Å². The fourth-order valence-electron chi connectivity index (χ4n) is 6.69. The molecular weight excluding hydrogens is 563 g/mol. The van der Waals surface area contributed by atoms with E-state index < -0.39 is 0 Å². The Hall–Kier alpha value is -5.28. The molecule has 0 unspecified atom stereocenters. The molecule has 0 saturated heterocycles. The summed E-state index contributed by atoms with van der Waals surface area (Å²) in [6.07, 6.45) is 5.49. The molecule has 6 aromatic carbocycles. The second-order valence-electron chi connectivity index (χ2n) is 11.7. The molecule has 0 spiro atoms. The molecular formula is C40H21B5N2. The van der Waals surface area contributed by atoms with Crippen molar-refractivity contribution in [3.63, 3.8) is 0 Å². The maximum Gasteiger partial charge on any atom is 0.113 e. The Balaban J connectivity index is 1.31. The Morgan fingerprint density at radius 3 is 1.53 bits per heavy atom. The zero-order chi connectivity index (χ0) is 32.2. The van der Waals surface area contributed by atoms with Gasteiger partial charge in [-0.25, -0.2) is 0 Å². The smallest absolute Gasteiger partial charge is 0.113 e. The number of pyridine rings is 2. The van der Waals surface area contributed by atoms with Crippen LogP contribution in [0.5, 0.6) is 0 Å². The first-order valence-corrected chi connectivity index (χ1v) is 15.3. The van der Waals surface area contributed by atoms with Crippen LogP contribution in [0.2, 0.25) is 0 Å². The first-order valence-electron chi connectivity index (χ1n) is 15.3. The monoisotopic (exact) mass is 584 g/mol. The van der Waals surface area contributed by atoms with Gasteiger partial charge in [0.25, 0.3) is 0 Å². The van der Waals surface area contributed by atoms with E-state index in [9.17, 15) is 0 Å². The van der Waals surface area contributed by atoms with Crippen molar-refractivity contribution in [3.8, 4) is 44.6 Å². The van der Waals surface area contributed by atoms with Crippen LogP contribution in [-0.4, -0.2) is 49.2 Å². The van der Waals surface area contributed by atoms with Gasteiger partial charge in [0.1, 0.15) is 39.2 Å². The van der Waals surface area contributed by atoms with Gasteiger partial charge in [-0.15, -0.1) is 16.4 Å². The highest BCUT2D eigenvalue weighted by Crippen LogP contribution is 2.43. The van der Waals surface area contributed by atoms with Crippen molar-refractivity contribution in [2.24, 2.45) is 0 Å². The Kier molecular flexibility index (Phi) is 7.14. The Labute approximate surface area is 280 Å². The number of benzene rings is 6. The first kappa shape index (κ1) is 29.1. The van der Waals surface area contributed by atoms with Gasteiger partial charge in [-0.05, 0) is 90.5 Å². The van der Waals surface area contributed by atoms with Gasteiger partial charge in [-0.3, -0.25) is 9.97 Å². The van der Waals surface area contributed by atoms with E-state index >= 15 is 0 Å². The van der Waals surface area contributed by atoms with Crippen LogP contribution in [0.25, 0.3) is 77.0 Å². The van der Waals surface area contributed by atoms with Crippen molar-refractivity contribution in [2.75, 3.05) is 0 Å². The minimum absolute atomic E-state index is 0.199. The maximum atomic E-state index is 6.62. The quantitative estimate of drug-likeness (QED) is 0.224. The molecule has 0 aliphatic heterocycles. The van der Waals surface area contributed by atoms with Gasteiger partial charge in [-0.1, -0.05) is 89.8 Å². The lowest BCUT2D eigenvalue weighted by Gasteiger charge is -2.25. The van der Waals surface area contributed by atoms with Crippen molar-refractivity contribution >= 4 is 98.9 Å². The molecule has 206 valence electrons. The van der Waals surface area contributed by atoms with E-state index in [1.165, 1.54) is 0 Å². The Morgan fingerprint density at radius 1 is 0.383 bits per heavy atom. The predicted molar refractivity (Wildman–Crippen MR) is 203 cm³/mol. The lowest BCUT2D eigenvalue weighted by molar-refractivity contribution is 1.30. The van der Waals surface area contributed by atoms with E-state index in [1.54, 1.807) is 6.20 Å². The standard InChI is InChI=1S/C40H21B5N2/c41-36-35(37(42)39(44)40(45)38(36)43)34-30-9-3-1-7-28(30)33(29-8-2-4-10-31(29)34)26-14-12-22-18-25(13-11-23(22)19-26)32-20-24(15-17-47-32)27-6-5-16-46-21-27/h1-21H. The van der Waals surface area contributed by atoms with Crippen molar-refractivity contribution in [3.05, 3.63) is 128 Å². The zero-order valence-corrected chi connectivity index (χ0v) is 25.4. The average molecular weight is 584 g/mol. The Morgan fingerprint density at radius 2 is 0.936 bits per heavy atom. The van der Waals surface area contributed by atoms with Crippen molar-refractivity contribution in [1.82, 2.24) is 9.97 Å². The lowest BCUT2D eigenvalue weighted by atomic mass is 9.59. The number of aromatic nitrogens is 2. The zero-order valence-electron chi connectivity index (χ0n) is 25.4. The molecule has 8 rings (SSSR count). The molecule has 0 fully saturated rings. The van der Waals surface area contributed by atoms with Crippen LogP contribution in [-0.2, 0) is 0 Å². The predicted octanol–water partition coefficient (Wildman–Crippen LogP) is 4.57. The highest BCUT2D eigenvalue weighted by molar-refractivity contribution is 6.69. The number of hydrogen-bond donors (Lipinski definition) is 0. The van der Waals surface area contributed by atoms with Gasteiger partial charge in [-0.2, -0.15) is 0 Å². The van der Waals surface area contributed by atoms with Crippen LogP contribution in [0.3, 0.4) is 0 Å². The molecule has 0 N–H and O–H groups in total. The molecule has 8 aromatic rings. The second-order valence-corrected chi connectivity index (χ2v) is 11.7. The van der Waals surface area contributed by atoms with Crippen molar-refractivity contribution in [1.29, 1.82) is 0 Å². The van der Waals surface area contributed by atoms with Crippen LogP contribution < -0.4 is 27.3 Å². The summed E-state index contributed by atoms with van der Waals surface area (Å²) in [6.45, 7) is 0. The van der Waals surface area contributed by atoms with Crippen molar-refractivity contribution < 1.29 is 0 Å². The van der Waals surface area contributed by atoms with Crippen LogP contribution in [0.1, 0.15) is 0 Å². The molecule has 0 aliphatic carbocycles. The topological polar surface area (TPSA) is 25.8 Å². The number of fused-ring (bicyclic) bond motifs is 3. The molecule has 0 bridgehead atoms. The first-order chi connectivity index (χ1) is 22.9. The summed E-state index contributed by atoms with van der Waals surface area (Å²) in [5, 5.41) is 6.33. The molecule has 2 aromatic heterocycles. The maximum absolute atomic E-state index is 6.62. The fraction of sp³-hybridized carbons (Fsp3) is 0. The van der Waals surface area contributed by atoms with Gasteiger partial charge in [0.15, 0.2) is 0 Å². The molecule has 10 radical (unpaired) electrons. The number of hydrogen-bond acceptors (Lipinski definition) is 2. The van der Waals surface area contributed by atoms with Crippen molar-refractivity contribution in [2.45, 2.75) is 0 Å². The lowest BCUT2D eigenvalue weighted by Crippen LogP contribution is -2.55. The summed E-state index contributed by atoms with van der Waals surface area (Å²) < 4.78 is 0. The Bertz CT molecular complexity index is 2440. The number of rotatable bonds is 4. The normalized spacial score (nSPS) is 11.4. The van der Waals surface area contributed by atoms with Crippen LogP contribution in [0, 0.1) is 0 Å². The molecule has 0 saturated carbocycles. The molecule has 0 amide bonds. The van der Waals surface area contributed by atoms with Gasteiger partial charge >= 0.3 is 0 Å². The van der Waals surface area contributed by atoms with Crippen LogP contribution in [0.15, 0.2) is 128 Å². The number of nitrogens with zero attached hydrogens (tertiary/aromatic N) is 2. The molecule has 2 nitrogen and oxygen atoms in total. The summed E-state index contributed by atoms with van der Waals surface area (Å²) in [7, 11) is 32.1. The minimum atomic E-state index is 0.199. The van der Waals surface area contributed by atoms with Gasteiger partial charge in [0, 0.05) is 29.7 Å². The molecule has 47 heavy (non-hydrogen) atoms. The molecule has 0 atom stereocenters. The summed E-state index contributed by atoms with van der Waals surface area (Å²) in [6, 6.07) is 37.7.